The molecule has 23 heavy (non-hydrogen) atoms. The van der Waals surface area contributed by atoms with Crippen molar-refractivity contribution in [1.29, 1.82) is 0 Å². The minimum absolute atomic E-state index is 0.0734. The molecule has 1 aliphatic carbocycles. The molecule has 4 nitrogen and oxygen atoms in total. The van der Waals surface area contributed by atoms with Gasteiger partial charge in [0, 0.05) is 5.02 Å². The van der Waals surface area contributed by atoms with E-state index < -0.39 is 11.3 Å². The monoisotopic (exact) mass is 353 g/mol. The second-order valence-electron chi connectivity index (χ2n) is 6.15. The van der Waals surface area contributed by atoms with Gasteiger partial charge in [-0.1, -0.05) is 35.4 Å². The van der Waals surface area contributed by atoms with Crippen molar-refractivity contribution in [2.75, 3.05) is 0 Å². The summed E-state index contributed by atoms with van der Waals surface area (Å²) in [6.45, 7) is 3.77. The Bertz CT molecular complexity index is 714. The molecule has 1 aromatic carbocycles. The van der Waals surface area contributed by atoms with Crippen molar-refractivity contribution in [3.8, 4) is 5.75 Å². The second-order valence-corrected chi connectivity index (χ2v) is 6.96. The Labute approximate surface area is 144 Å². The van der Waals surface area contributed by atoms with Crippen LogP contribution in [0.2, 0.25) is 10.0 Å². The lowest BCUT2D eigenvalue weighted by Gasteiger charge is -2.32. The summed E-state index contributed by atoms with van der Waals surface area (Å²) < 4.78 is 5.71. The summed E-state index contributed by atoms with van der Waals surface area (Å²) in [5, 5.41) is 3.17. The van der Waals surface area contributed by atoms with Crippen molar-refractivity contribution in [1.82, 2.24) is 5.32 Å². The van der Waals surface area contributed by atoms with E-state index >= 15 is 0 Å². The molecule has 122 valence electrons. The molecule has 2 unspecified atom stereocenters. The topological polar surface area (TPSA) is 55.4 Å². The van der Waals surface area contributed by atoms with Gasteiger partial charge in [-0.2, -0.15) is 0 Å². The molecule has 1 fully saturated rings. The van der Waals surface area contributed by atoms with Crippen molar-refractivity contribution in [3.05, 3.63) is 39.9 Å². The standard InChI is InChI=1S/C17H17Cl2NO3/c1-9(2)23-14-7-11(12(18)8-13(14)19)17-6-4-3-5-10(17)15(21)20-16(17)22/h4,6-10H,3,5H2,1-2H3,(H,20,21,22). The predicted molar refractivity (Wildman–Crippen MR) is 88.9 cm³/mol. The zero-order valence-corrected chi connectivity index (χ0v) is 14.4. The molecule has 6 heteroatoms. The molecule has 2 amide bonds. The number of amides is 2. The van der Waals surface area contributed by atoms with Crippen molar-refractivity contribution < 1.29 is 14.3 Å². The number of ether oxygens (including phenoxy) is 1. The second kappa shape index (κ2) is 5.84. The van der Waals surface area contributed by atoms with Crippen molar-refractivity contribution in [3.63, 3.8) is 0 Å². The molecule has 0 spiro atoms. The van der Waals surface area contributed by atoms with Crippen LogP contribution in [0.3, 0.4) is 0 Å². The number of halogens is 2. The summed E-state index contributed by atoms with van der Waals surface area (Å²) in [7, 11) is 0. The molecule has 0 aromatic heterocycles. The highest BCUT2D eigenvalue weighted by molar-refractivity contribution is 6.36. The van der Waals surface area contributed by atoms with E-state index in [9.17, 15) is 9.59 Å². The van der Waals surface area contributed by atoms with Crippen LogP contribution in [0, 0.1) is 5.92 Å². The number of carbonyl (C=O) groups excluding carboxylic acids is 2. The van der Waals surface area contributed by atoms with Crippen LogP contribution in [0.25, 0.3) is 0 Å². The molecular formula is C17H17Cl2NO3. The number of benzene rings is 1. The van der Waals surface area contributed by atoms with E-state index in [1.54, 1.807) is 18.2 Å². The van der Waals surface area contributed by atoms with E-state index in [4.69, 9.17) is 27.9 Å². The third-order valence-corrected chi connectivity index (χ3v) is 4.92. The fourth-order valence-corrected chi connectivity index (χ4v) is 3.92. The minimum Gasteiger partial charge on any atom is -0.489 e. The van der Waals surface area contributed by atoms with Crippen LogP contribution < -0.4 is 10.1 Å². The number of hydrogen-bond donors (Lipinski definition) is 1. The lowest BCUT2D eigenvalue weighted by Crippen LogP contribution is -2.39. The maximum absolute atomic E-state index is 12.6. The maximum Gasteiger partial charge on any atom is 0.241 e. The SMILES string of the molecule is CC(C)Oc1cc(C23C=CCCC2C(=O)NC3=O)c(Cl)cc1Cl. The molecule has 2 aliphatic rings. The van der Waals surface area contributed by atoms with Crippen LogP contribution in [-0.2, 0) is 15.0 Å². The largest absolute Gasteiger partial charge is 0.489 e. The lowest BCUT2D eigenvalue weighted by molar-refractivity contribution is -0.126. The molecule has 1 aliphatic heterocycles. The molecular weight excluding hydrogens is 337 g/mol. The number of allylic oxidation sites excluding steroid dienone is 1. The van der Waals surface area contributed by atoms with Gasteiger partial charge in [0.15, 0.2) is 0 Å². The normalized spacial score (nSPS) is 26.4. The smallest absolute Gasteiger partial charge is 0.241 e. The van der Waals surface area contributed by atoms with Gasteiger partial charge in [-0.15, -0.1) is 0 Å². The van der Waals surface area contributed by atoms with Gasteiger partial charge < -0.3 is 4.74 Å². The fourth-order valence-electron chi connectivity index (χ4n) is 3.34. The summed E-state index contributed by atoms with van der Waals surface area (Å²) in [5.74, 6) is -0.592. The highest BCUT2D eigenvalue weighted by atomic mass is 35.5. The summed E-state index contributed by atoms with van der Waals surface area (Å²) >= 11 is 12.6. The summed E-state index contributed by atoms with van der Waals surface area (Å²) in [4.78, 5) is 24.8. The molecule has 0 radical (unpaired) electrons. The third kappa shape index (κ3) is 2.54. The molecule has 1 aromatic rings. The Morgan fingerprint density at radius 1 is 1.26 bits per heavy atom. The summed E-state index contributed by atoms with van der Waals surface area (Å²) in [5.41, 5.74) is -0.518. The predicted octanol–water partition coefficient (Wildman–Crippen LogP) is 3.64. The first kappa shape index (κ1) is 16.3. The van der Waals surface area contributed by atoms with Crippen LogP contribution in [0.15, 0.2) is 24.3 Å². The average Bonchev–Trinajstić information content (AvgIpc) is 2.74. The van der Waals surface area contributed by atoms with E-state index in [0.29, 0.717) is 27.8 Å². The van der Waals surface area contributed by atoms with Crippen LogP contribution in [0.4, 0.5) is 0 Å². The first-order chi connectivity index (χ1) is 10.9. The van der Waals surface area contributed by atoms with Gasteiger partial charge in [0.1, 0.15) is 11.2 Å². The van der Waals surface area contributed by atoms with Crippen molar-refractivity contribution >= 4 is 35.0 Å². The van der Waals surface area contributed by atoms with E-state index in [0.717, 1.165) is 6.42 Å². The minimum atomic E-state index is -1.08. The van der Waals surface area contributed by atoms with Crippen molar-refractivity contribution in [2.45, 2.75) is 38.2 Å². The number of hydrogen-bond acceptors (Lipinski definition) is 3. The van der Waals surface area contributed by atoms with Gasteiger partial charge in [0.05, 0.1) is 17.0 Å². The maximum atomic E-state index is 12.6. The van der Waals surface area contributed by atoms with Gasteiger partial charge in [0.2, 0.25) is 11.8 Å². The Morgan fingerprint density at radius 3 is 2.70 bits per heavy atom. The van der Waals surface area contributed by atoms with Crippen LogP contribution >= 0.6 is 23.2 Å². The molecule has 0 bridgehead atoms. The first-order valence-corrected chi connectivity index (χ1v) is 8.31. The van der Waals surface area contributed by atoms with Crippen LogP contribution in [-0.4, -0.2) is 17.9 Å². The highest BCUT2D eigenvalue weighted by Gasteiger charge is 2.56. The summed E-state index contributed by atoms with van der Waals surface area (Å²) in [6.07, 6.45) is 5.00. The zero-order chi connectivity index (χ0) is 16.8. The Hall–Kier alpha value is -1.52. The molecule has 2 atom stereocenters. The first-order valence-electron chi connectivity index (χ1n) is 7.55. The fraction of sp³-hybridized carbons (Fsp3) is 0.412. The number of nitrogens with one attached hydrogen (secondary N) is 1. The van der Waals surface area contributed by atoms with Gasteiger partial charge in [-0.3, -0.25) is 14.9 Å². The quantitative estimate of drug-likeness (QED) is 0.666. The van der Waals surface area contributed by atoms with Gasteiger partial charge in [-0.05, 0) is 44.4 Å². The van der Waals surface area contributed by atoms with Crippen molar-refractivity contribution in [2.24, 2.45) is 5.92 Å². The number of imide groups is 1. The molecule has 3 rings (SSSR count). The molecule has 0 saturated carbocycles. The molecule has 1 saturated heterocycles. The van der Waals surface area contributed by atoms with Crippen LogP contribution in [0.1, 0.15) is 32.3 Å². The van der Waals surface area contributed by atoms with E-state index in [1.807, 2.05) is 19.9 Å². The van der Waals surface area contributed by atoms with Gasteiger partial charge >= 0.3 is 0 Å². The molecule has 1 heterocycles. The van der Waals surface area contributed by atoms with Gasteiger partial charge in [0.25, 0.3) is 0 Å². The van der Waals surface area contributed by atoms with E-state index in [1.165, 1.54) is 0 Å². The van der Waals surface area contributed by atoms with E-state index in [-0.39, 0.29) is 17.9 Å². The number of carbonyl (C=O) groups is 2. The Morgan fingerprint density at radius 2 is 2.00 bits per heavy atom. The van der Waals surface area contributed by atoms with Crippen LogP contribution in [0.5, 0.6) is 5.75 Å². The highest BCUT2D eigenvalue weighted by Crippen LogP contribution is 2.48. The number of fused-ring (bicyclic) bond motifs is 1. The zero-order valence-electron chi connectivity index (χ0n) is 12.9. The number of rotatable bonds is 3. The lowest BCUT2D eigenvalue weighted by atomic mass is 9.67. The summed E-state index contributed by atoms with van der Waals surface area (Å²) in [6, 6.07) is 3.26. The Balaban J connectivity index is 2.19. The van der Waals surface area contributed by atoms with Gasteiger partial charge in [-0.25, -0.2) is 0 Å². The average molecular weight is 354 g/mol. The molecule has 1 N–H and O–H groups in total. The third-order valence-electron chi connectivity index (χ3n) is 4.31. The Kier molecular flexibility index (Phi) is 4.15. The van der Waals surface area contributed by atoms with E-state index in [2.05, 4.69) is 5.32 Å².